The van der Waals surface area contributed by atoms with E-state index >= 15 is 0 Å². The van der Waals surface area contributed by atoms with Gasteiger partial charge in [-0.3, -0.25) is 9.48 Å². The minimum absolute atomic E-state index is 0.0340. The zero-order valence-corrected chi connectivity index (χ0v) is 31.0. The highest BCUT2D eigenvalue weighted by Gasteiger charge is 2.33. The number of hydrazone groups is 1. The van der Waals surface area contributed by atoms with Crippen LogP contribution in [0, 0.1) is 11.8 Å². The number of rotatable bonds is 5. The van der Waals surface area contributed by atoms with E-state index in [1.165, 1.54) is 15.9 Å². The summed E-state index contributed by atoms with van der Waals surface area (Å²) in [5.74, 6) is 0.836. The van der Waals surface area contributed by atoms with Crippen molar-refractivity contribution in [2.24, 2.45) is 24.0 Å². The van der Waals surface area contributed by atoms with E-state index in [9.17, 15) is 9.59 Å². The number of aryl methyl sites for hydroxylation is 1. The molecule has 12 heteroatoms. The predicted octanol–water partition coefficient (Wildman–Crippen LogP) is 8.33. The fraction of sp³-hybridized carbons (Fsp3) is 0.636. The first-order chi connectivity index (χ1) is 21.2. The van der Waals surface area contributed by atoms with Crippen molar-refractivity contribution in [2.75, 3.05) is 20.1 Å². The van der Waals surface area contributed by atoms with Gasteiger partial charge in [0.05, 0.1) is 32.4 Å². The van der Waals surface area contributed by atoms with Gasteiger partial charge in [-0.1, -0.05) is 0 Å². The van der Waals surface area contributed by atoms with Gasteiger partial charge in [-0.15, -0.1) is 22.7 Å². The van der Waals surface area contributed by atoms with Gasteiger partial charge >= 0.3 is 12.1 Å². The van der Waals surface area contributed by atoms with E-state index in [2.05, 4.69) is 43.3 Å². The van der Waals surface area contributed by atoms with Crippen molar-refractivity contribution in [3.8, 4) is 0 Å². The van der Waals surface area contributed by atoms with Crippen LogP contribution in [0.25, 0.3) is 10.2 Å². The second kappa shape index (κ2) is 15.0. The molecule has 0 bridgehead atoms. The molecule has 0 radical (unpaired) electrons. The topological polar surface area (TPSA) is 98.0 Å². The van der Waals surface area contributed by atoms with E-state index in [-0.39, 0.29) is 18.0 Å². The first-order valence-corrected chi connectivity index (χ1v) is 18.3. The van der Waals surface area contributed by atoms with E-state index in [1.54, 1.807) is 27.6 Å². The molecule has 9 nitrogen and oxygen atoms in total. The molecule has 1 aliphatic carbocycles. The quantitative estimate of drug-likeness (QED) is 0.162. The highest BCUT2D eigenvalue weighted by Crippen LogP contribution is 2.40. The Hall–Kier alpha value is -2.44. The lowest BCUT2D eigenvalue weighted by atomic mass is 9.80. The summed E-state index contributed by atoms with van der Waals surface area (Å²) in [5.41, 5.74) is 5.58. The van der Waals surface area contributed by atoms with Crippen molar-refractivity contribution in [3.05, 3.63) is 37.9 Å². The maximum Gasteiger partial charge on any atom is 0.410 e. The average molecular weight is 723 g/mol. The van der Waals surface area contributed by atoms with Crippen LogP contribution in [0.1, 0.15) is 96.6 Å². The Kier molecular flexibility index (Phi) is 11.8. The molecule has 0 unspecified atom stereocenters. The van der Waals surface area contributed by atoms with Crippen molar-refractivity contribution in [2.45, 2.75) is 97.2 Å². The first-order valence-electron chi connectivity index (χ1n) is 15.8. The third-order valence-corrected chi connectivity index (χ3v) is 10.7. The zero-order chi connectivity index (χ0) is 32.9. The van der Waals surface area contributed by atoms with E-state index in [0.717, 1.165) is 53.6 Å². The van der Waals surface area contributed by atoms with Gasteiger partial charge in [-0.2, -0.15) is 10.2 Å². The molecule has 0 spiro atoms. The van der Waals surface area contributed by atoms with Crippen LogP contribution in [-0.2, 0) is 21.3 Å². The molecule has 1 saturated heterocycles. The molecular formula is C33H48BrN5O4S2. The molecular weight excluding hydrogens is 674 g/mol. The number of likely N-dealkylation sites (tertiary alicyclic amines) is 1. The summed E-state index contributed by atoms with van der Waals surface area (Å²) >= 11 is 7.04. The summed E-state index contributed by atoms with van der Waals surface area (Å²) in [5, 5.41) is 13.4. The summed E-state index contributed by atoms with van der Waals surface area (Å²) in [6, 6.07) is 4.17. The van der Waals surface area contributed by atoms with E-state index < -0.39 is 11.2 Å². The van der Waals surface area contributed by atoms with Gasteiger partial charge in [0.25, 0.3) is 0 Å². The van der Waals surface area contributed by atoms with Crippen LogP contribution in [0.2, 0.25) is 0 Å². The predicted molar refractivity (Wildman–Crippen MR) is 187 cm³/mol. The third-order valence-electron chi connectivity index (χ3n) is 7.95. The summed E-state index contributed by atoms with van der Waals surface area (Å²) in [6.07, 6.45) is 5.42. The van der Waals surface area contributed by atoms with Crippen molar-refractivity contribution in [1.82, 2.24) is 20.1 Å². The standard InChI is InChI=1S/C17H24N2O2S.C16H24BrN3O2S/c1-17(2,3)21-16(20)12-7-5-11(6-8-12)14-15-13(9-10-22-15)19(4)18-14;1-16(2,3)22-15(21)20-8-5-11(6-9-20)13(19-18-4)14-12(17)7-10-23-14/h9-12H,5-8H2,1-4H3;7,10-11,18H,5-6,8-9H2,1-4H3/b;19-13+. The molecule has 5 rings (SSSR count). The van der Waals surface area contributed by atoms with Crippen molar-refractivity contribution >= 4 is 66.6 Å². The number of nitrogens with one attached hydrogen (secondary N) is 1. The molecule has 45 heavy (non-hydrogen) atoms. The number of hydrogen-bond donors (Lipinski definition) is 1. The van der Waals surface area contributed by atoms with Gasteiger partial charge in [0, 0.05) is 43.5 Å². The van der Waals surface area contributed by atoms with Gasteiger partial charge < -0.3 is 19.8 Å². The molecule has 2 fully saturated rings. The summed E-state index contributed by atoms with van der Waals surface area (Å²) in [6.45, 7) is 12.9. The van der Waals surface area contributed by atoms with Crippen LogP contribution in [0.15, 0.2) is 32.5 Å². The Labute approximate surface area is 283 Å². The molecule has 3 aromatic heterocycles. The molecule has 0 aromatic carbocycles. The fourth-order valence-electron chi connectivity index (χ4n) is 5.85. The Morgan fingerprint density at radius 3 is 2.11 bits per heavy atom. The van der Waals surface area contributed by atoms with E-state index in [4.69, 9.17) is 14.6 Å². The number of thiophene rings is 2. The van der Waals surface area contributed by atoms with E-state index in [1.807, 2.05) is 66.4 Å². The van der Waals surface area contributed by atoms with Crippen LogP contribution in [0.5, 0.6) is 0 Å². The maximum atomic E-state index is 12.2. The van der Waals surface area contributed by atoms with E-state index in [0.29, 0.717) is 24.9 Å². The molecule has 248 valence electrons. The highest BCUT2D eigenvalue weighted by atomic mass is 79.9. The van der Waals surface area contributed by atoms with Gasteiger partial charge in [0.2, 0.25) is 0 Å². The monoisotopic (exact) mass is 721 g/mol. The van der Waals surface area contributed by atoms with Crippen LogP contribution in [-0.4, -0.2) is 63.8 Å². The highest BCUT2D eigenvalue weighted by molar-refractivity contribution is 9.10. The normalized spacial score (nSPS) is 20.0. The van der Waals surface area contributed by atoms with Crippen molar-refractivity contribution < 1.29 is 19.1 Å². The lowest BCUT2D eigenvalue weighted by molar-refractivity contribution is -0.161. The number of carbonyl (C=O) groups excluding carboxylic acids is 2. The number of carbonyl (C=O) groups is 2. The number of fused-ring (bicyclic) bond motifs is 1. The molecule has 1 aliphatic heterocycles. The number of hydrogen-bond acceptors (Lipinski definition) is 9. The maximum absolute atomic E-state index is 12.2. The Balaban J connectivity index is 0.000000205. The number of amides is 1. The lowest BCUT2D eigenvalue weighted by Crippen LogP contribution is -2.43. The number of esters is 1. The van der Waals surface area contributed by atoms with Crippen LogP contribution in [0.4, 0.5) is 4.79 Å². The number of piperidine rings is 1. The van der Waals surface area contributed by atoms with Gasteiger partial charge in [-0.25, -0.2) is 4.79 Å². The SMILES string of the molecule is CN/N=C(/c1sccc1Br)C1CCN(C(=O)OC(C)(C)C)CC1.Cn1nc(C2CCC(C(=O)OC(C)(C)C)CC2)c2sccc21. The van der Waals surface area contributed by atoms with Crippen LogP contribution in [0.3, 0.4) is 0 Å². The van der Waals surface area contributed by atoms with Crippen molar-refractivity contribution in [3.63, 3.8) is 0 Å². The number of halogens is 1. The number of nitrogens with zero attached hydrogens (tertiary/aromatic N) is 4. The molecule has 1 N–H and O–H groups in total. The first kappa shape index (κ1) is 35.4. The largest absolute Gasteiger partial charge is 0.460 e. The second-order valence-corrected chi connectivity index (χ2v) is 16.5. The molecule has 2 aliphatic rings. The number of aromatic nitrogens is 2. The average Bonchev–Trinajstić information content (AvgIpc) is 3.69. The van der Waals surface area contributed by atoms with Gasteiger partial charge in [-0.05, 0) is 119 Å². The number of ether oxygens (including phenoxy) is 2. The van der Waals surface area contributed by atoms with Crippen molar-refractivity contribution in [1.29, 1.82) is 0 Å². The summed E-state index contributed by atoms with van der Waals surface area (Å²) in [7, 11) is 3.82. The minimum atomic E-state index is -0.450. The molecule has 0 atom stereocenters. The Morgan fingerprint density at radius 2 is 1.56 bits per heavy atom. The second-order valence-electron chi connectivity index (χ2n) is 13.8. The molecule has 3 aromatic rings. The van der Waals surface area contributed by atoms with Gasteiger partial charge in [0.1, 0.15) is 11.2 Å². The summed E-state index contributed by atoms with van der Waals surface area (Å²) in [4.78, 5) is 27.3. The Bertz CT molecular complexity index is 1470. The third kappa shape index (κ3) is 9.54. The smallest absolute Gasteiger partial charge is 0.410 e. The molecule has 4 heterocycles. The van der Waals surface area contributed by atoms with Crippen LogP contribution < -0.4 is 5.43 Å². The zero-order valence-electron chi connectivity index (χ0n) is 27.8. The van der Waals surface area contributed by atoms with Crippen LogP contribution >= 0.6 is 38.6 Å². The lowest BCUT2D eigenvalue weighted by Gasteiger charge is -2.33. The van der Waals surface area contributed by atoms with Gasteiger partial charge in [0.15, 0.2) is 0 Å². The molecule has 1 saturated carbocycles. The minimum Gasteiger partial charge on any atom is -0.460 e. The fourth-order valence-corrected chi connectivity index (χ4v) is 8.48. The molecule has 1 amide bonds. The Morgan fingerprint density at radius 1 is 0.933 bits per heavy atom. The summed E-state index contributed by atoms with van der Waals surface area (Å²) < 4.78 is 15.3.